The second-order valence-electron chi connectivity index (χ2n) is 5.34. The fourth-order valence-corrected chi connectivity index (χ4v) is 2.79. The van der Waals surface area contributed by atoms with Gasteiger partial charge in [-0.1, -0.05) is 0 Å². The van der Waals surface area contributed by atoms with Crippen LogP contribution in [0.15, 0.2) is 36.4 Å². The van der Waals surface area contributed by atoms with Crippen LogP contribution in [-0.4, -0.2) is 23.3 Å². The lowest BCUT2D eigenvalue weighted by molar-refractivity contribution is 0.101. The summed E-state index contributed by atoms with van der Waals surface area (Å²) in [7, 11) is 0. The lowest BCUT2D eigenvalue weighted by Crippen LogP contribution is -2.11. The number of Topliss-reactive ketones (excluding diaryl/α,β-unsaturated/α-hetero) is 2. The van der Waals surface area contributed by atoms with Crippen molar-refractivity contribution >= 4 is 34.8 Å². The predicted octanol–water partition coefficient (Wildman–Crippen LogP) is 4.00. The molecular weight excluding hydrogens is 351 g/mol. The Hall–Kier alpha value is -2.04. The maximum absolute atomic E-state index is 11.7. The molecule has 2 aromatic rings. The van der Waals surface area contributed by atoms with Crippen LogP contribution in [0.25, 0.3) is 0 Å². The van der Waals surface area contributed by atoms with E-state index < -0.39 is 0 Å². The Bertz CT molecular complexity index is 734. The van der Waals surface area contributed by atoms with Crippen molar-refractivity contribution in [2.24, 2.45) is 0 Å². The lowest BCUT2D eigenvalue weighted by atomic mass is 10.1. The van der Waals surface area contributed by atoms with E-state index in [0.717, 1.165) is 11.1 Å². The molecule has 124 valence electrons. The summed E-state index contributed by atoms with van der Waals surface area (Å²) in [5, 5.41) is 0. The van der Waals surface area contributed by atoms with Crippen molar-refractivity contribution in [3.8, 4) is 11.5 Å². The van der Waals surface area contributed by atoms with Gasteiger partial charge in [-0.25, -0.2) is 0 Å². The van der Waals surface area contributed by atoms with Crippen molar-refractivity contribution in [2.75, 3.05) is 11.8 Å². The number of benzene rings is 2. The Morgan fingerprint density at radius 1 is 0.792 bits per heavy atom. The number of alkyl halides is 2. The number of hydrogen-bond donors (Lipinski definition) is 0. The van der Waals surface area contributed by atoms with E-state index in [4.69, 9.17) is 32.7 Å². The summed E-state index contributed by atoms with van der Waals surface area (Å²) in [5.41, 5.74) is 2.61. The van der Waals surface area contributed by atoms with E-state index >= 15 is 0 Å². The van der Waals surface area contributed by atoms with Crippen LogP contribution < -0.4 is 9.47 Å². The van der Waals surface area contributed by atoms with Gasteiger partial charge in [0.25, 0.3) is 0 Å². The number of carbonyl (C=O) groups excluding carboxylic acids is 2. The average Bonchev–Trinajstić information content (AvgIpc) is 2.61. The fourth-order valence-electron chi connectivity index (χ4n) is 2.48. The molecule has 0 fully saturated rings. The smallest absolute Gasteiger partial charge is 0.177 e. The third-order valence-corrected chi connectivity index (χ3v) is 4.26. The zero-order valence-corrected chi connectivity index (χ0v) is 14.2. The summed E-state index contributed by atoms with van der Waals surface area (Å²) in [6.45, 7) is 0.517. The Balaban J connectivity index is 1.88. The highest BCUT2D eigenvalue weighted by Gasteiger charge is 2.17. The van der Waals surface area contributed by atoms with Gasteiger partial charge < -0.3 is 9.47 Å². The van der Waals surface area contributed by atoms with Crippen LogP contribution in [-0.2, 0) is 13.2 Å². The Labute approximate surface area is 149 Å². The molecule has 0 N–H and O–H groups in total. The highest BCUT2D eigenvalue weighted by atomic mass is 35.5. The monoisotopic (exact) mass is 364 g/mol. The number of fused-ring (bicyclic) bond motifs is 2. The Kier molecular flexibility index (Phi) is 5.07. The van der Waals surface area contributed by atoms with Gasteiger partial charge in [-0.15, -0.1) is 23.2 Å². The summed E-state index contributed by atoms with van der Waals surface area (Å²) < 4.78 is 11.6. The van der Waals surface area contributed by atoms with Crippen LogP contribution in [0.2, 0.25) is 0 Å². The minimum Gasteiger partial charge on any atom is -0.488 e. The molecule has 0 saturated heterocycles. The molecule has 0 radical (unpaired) electrons. The highest BCUT2D eigenvalue weighted by Crippen LogP contribution is 2.30. The molecule has 1 heterocycles. The number of rotatable bonds is 4. The number of ketones is 2. The first-order chi connectivity index (χ1) is 11.6. The molecule has 0 saturated carbocycles. The van der Waals surface area contributed by atoms with Crippen LogP contribution in [0.1, 0.15) is 31.8 Å². The molecule has 3 rings (SSSR count). The van der Waals surface area contributed by atoms with E-state index in [1.807, 2.05) is 0 Å². The molecule has 0 spiro atoms. The first-order valence-electron chi connectivity index (χ1n) is 7.32. The van der Waals surface area contributed by atoms with Crippen LogP contribution >= 0.6 is 23.2 Å². The SMILES string of the molecule is O=C(CCl)c1ccc2c(c1)COc1ccc(C(=O)CCl)cc1CO2. The van der Waals surface area contributed by atoms with Gasteiger partial charge in [0, 0.05) is 22.3 Å². The summed E-state index contributed by atoms with van der Waals surface area (Å²) in [6, 6.07) is 10.3. The zero-order valence-electron chi connectivity index (χ0n) is 12.7. The molecule has 0 bridgehead atoms. The predicted molar refractivity (Wildman–Crippen MR) is 91.6 cm³/mol. The van der Waals surface area contributed by atoms with Crippen LogP contribution in [0.3, 0.4) is 0 Å². The second kappa shape index (κ2) is 7.24. The van der Waals surface area contributed by atoms with Gasteiger partial charge in [-0.3, -0.25) is 9.59 Å². The van der Waals surface area contributed by atoms with Gasteiger partial charge in [0.05, 0.1) is 11.8 Å². The van der Waals surface area contributed by atoms with Crippen molar-refractivity contribution in [1.82, 2.24) is 0 Å². The van der Waals surface area contributed by atoms with E-state index in [-0.39, 0.29) is 36.5 Å². The maximum Gasteiger partial charge on any atom is 0.177 e. The zero-order chi connectivity index (χ0) is 17.1. The molecule has 0 aromatic heterocycles. The second-order valence-corrected chi connectivity index (χ2v) is 5.87. The topological polar surface area (TPSA) is 52.6 Å². The molecule has 0 amide bonds. The maximum atomic E-state index is 11.7. The van der Waals surface area contributed by atoms with Crippen molar-refractivity contribution < 1.29 is 19.1 Å². The summed E-state index contributed by atoms with van der Waals surface area (Å²) >= 11 is 11.2. The van der Waals surface area contributed by atoms with E-state index in [0.29, 0.717) is 22.6 Å². The average molecular weight is 365 g/mol. The first kappa shape index (κ1) is 16.8. The molecule has 0 unspecified atom stereocenters. The van der Waals surface area contributed by atoms with E-state index in [1.54, 1.807) is 36.4 Å². The normalized spacial score (nSPS) is 12.8. The van der Waals surface area contributed by atoms with Crippen LogP contribution in [0.5, 0.6) is 11.5 Å². The van der Waals surface area contributed by atoms with E-state index in [1.165, 1.54) is 0 Å². The number of halogens is 2. The third-order valence-electron chi connectivity index (χ3n) is 3.77. The fraction of sp³-hybridized carbons (Fsp3) is 0.222. The highest BCUT2D eigenvalue weighted by molar-refractivity contribution is 6.30. The van der Waals surface area contributed by atoms with Gasteiger partial charge in [0.2, 0.25) is 0 Å². The minimum atomic E-state index is -0.147. The number of hydrogen-bond acceptors (Lipinski definition) is 4. The number of carbonyl (C=O) groups is 2. The molecule has 4 nitrogen and oxygen atoms in total. The minimum absolute atomic E-state index is 0.0687. The van der Waals surface area contributed by atoms with Gasteiger partial charge >= 0.3 is 0 Å². The molecule has 0 atom stereocenters. The molecule has 0 aliphatic carbocycles. The Morgan fingerprint density at radius 3 is 1.58 bits per heavy atom. The van der Waals surface area contributed by atoms with Crippen molar-refractivity contribution in [3.05, 3.63) is 58.7 Å². The third kappa shape index (κ3) is 3.40. The first-order valence-corrected chi connectivity index (χ1v) is 8.39. The molecule has 1 aliphatic rings. The van der Waals surface area contributed by atoms with Gasteiger partial charge in [-0.05, 0) is 36.4 Å². The Morgan fingerprint density at radius 2 is 1.21 bits per heavy atom. The standard InChI is InChI=1S/C18H14Cl2O4/c19-7-15(21)11-1-3-17-13(5-11)9-24-18-4-2-12(16(22)8-20)6-14(18)10-23-17/h1-6H,7-10H2. The van der Waals surface area contributed by atoms with Crippen LogP contribution in [0.4, 0.5) is 0 Å². The van der Waals surface area contributed by atoms with Crippen LogP contribution in [0, 0.1) is 0 Å². The van der Waals surface area contributed by atoms with Crippen molar-refractivity contribution in [1.29, 1.82) is 0 Å². The van der Waals surface area contributed by atoms with Gasteiger partial charge in [-0.2, -0.15) is 0 Å². The van der Waals surface area contributed by atoms with Crippen molar-refractivity contribution in [2.45, 2.75) is 13.2 Å². The van der Waals surface area contributed by atoms with Gasteiger partial charge in [0.15, 0.2) is 11.6 Å². The molecule has 6 heteroatoms. The van der Waals surface area contributed by atoms with Gasteiger partial charge in [0.1, 0.15) is 24.7 Å². The summed E-state index contributed by atoms with van der Waals surface area (Å²) in [4.78, 5) is 23.4. The summed E-state index contributed by atoms with van der Waals surface area (Å²) in [5.74, 6) is 0.848. The molecular formula is C18H14Cl2O4. The van der Waals surface area contributed by atoms with Crippen molar-refractivity contribution in [3.63, 3.8) is 0 Å². The molecule has 2 aromatic carbocycles. The largest absolute Gasteiger partial charge is 0.488 e. The van der Waals surface area contributed by atoms with E-state index in [9.17, 15) is 9.59 Å². The molecule has 1 aliphatic heterocycles. The number of ether oxygens (including phenoxy) is 2. The lowest BCUT2D eigenvalue weighted by Gasteiger charge is -2.20. The summed E-state index contributed by atoms with van der Waals surface area (Å²) in [6.07, 6.45) is 0. The van der Waals surface area contributed by atoms with E-state index in [2.05, 4.69) is 0 Å². The molecule has 24 heavy (non-hydrogen) atoms. The quantitative estimate of drug-likeness (QED) is 0.607.